The molecule has 0 amide bonds. The number of aromatic nitrogens is 2. The van der Waals surface area contributed by atoms with Gasteiger partial charge < -0.3 is 20.1 Å². The minimum absolute atomic E-state index is 0.00416. The van der Waals surface area contributed by atoms with Crippen molar-refractivity contribution in [2.24, 2.45) is 0 Å². The molecular formula is C21H18ClFN4O3. The second-order valence-electron chi connectivity index (χ2n) is 6.67. The Balaban J connectivity index is 1.73. The van der Waals surface area contributed by atoms with Crippen LogP contribution >= 0.6 is 11.6 Å². The van der Waals surface area contributed by atoms with Gasteiger partial charge in [0.05, 0.1) is 23.8 Å². The summed E-state index contributed by atoms with van der Waals surface area (Å²) in [6.45, 7) is 2.42. The average molecular weight is 429 g/mol. The zero-order chi connectivity index (χ0) is 21.1. The topological polar surface area (TPSA) is 87.6 Å². The quantitative estimate of drug-likeness (QED) is 0.629. The number of aromatic carboxylic acids is 1. The summed E-state index contributed by atoms with van der Waals surface area (Å²) in [4.78, 5) is 22.5. The van der Waals surface area contributed by atoms with Crippen LogP contribution in [0.15, 0.2) is 48.7 Å². The Morgan fingerprint density at radius 2 is 2.00 bits per heavy atom. The van der Waals surface area contributed by atoms with Crippen LogP contribution in [0.5, 0.6) is 0 Å². The first-order valence-electron chi connectivity index (χ1n) is 9.27. The molecule has 1 aliphatic heterocycles. The molecule has 0 bridgehead atoms. The van der Waals surface area contributed by atoms with E-state index in [1.807, 2.05) is 6.07 Å². The molecule has 4 rings (SSSR count). The van der Waals surface area contributed by atoms with Gasteiger partial charge in [0.2, 0.25) is 5.95 Å². The van der Waals surface area contributed by atoms with Crippen LogP contribution in [0, 0.1) is 5.82 Å². The lowest BCUT2D eigenvalue weighted by atomic mass is 10.0. The molecule has 3 aromatic rings. The van der Waals surface area contributed by atoms with E-state index in [1.54, 1.807) is 24.4 Å². The molecule has 2 aromatic carbocycles. The Labute approximate surface area is 177 Å². The molecule has 9 heteroatoms. The van der Waals surface area contributed by atoms with E-state index in [0.29, 0.717) is 54.9 Å². The fourth-order valence-corrected chi connectivity index (χ4v) is 3.36. The molecule has 0 radical (unpaired) electrons. The van der Waals surface area contributed by atoms with Crippen LogP contribution in [0.4, 0.5) is 21.8 Å². The largest absolute Gasteiger partial charge is 0.478 e. The van der Waals surface area contributed by atoms with Gasteiger partial charge in [-0.2, -0.15) is 4.98 Å². The number of rotatable bonds is 5. The van der Waals surface area contributed by atoms with Crippen molar-refractivity contribution in [1.29, 1.82) is 0 Å². The number of halogens is 2. The van der Waals surface area contributed by atoms with Gasteiger partial charge in [0.15, 0.2) is 0 Å². The molecule has 0 atom stereocenters. The number of carboxylic acid groups (broad SMARTS) is 1. The normalized spacial score (nSPS) is 13.9. The predicted octanol–water partition coefficient (Wildman–Crippen LogP) is 4.21. The Hall–Kier alpha value is -3.23. The van der Waals surface area contributed by atoms with Gasteiger partial charge >= 0.3 is 5.97 Å². The number of anilines is 3. The molecule has 2 heterocycles. The third-order valence-electron chi connectivity index (χ3n) is 4.68. The van der Waals surface area contributed by atoms with Crippen molar-refractivity contribution in [3.8, 4) is 11.1 Å². The minimum Gasteiger partial charge on any atom is -0.478 e. The van der Waals surface area contributed by atoms with Crippen molar-refractivity contribution >= 4 is 35.0 Å². The fraction of sp³-hybridized carbons (Fsp3) is 0.190. The van der Waals surface area contributed by atoms with Crippen molar-refractivity contribution in [2.75, 3.05) is 36.5 Å². The zero-order valence-electron chi connectivity index (χ0n) is 15.8. The first-order valence-corrected chi connectivity index (χ1v) is 9.64. The molecule has 0 saturated carbocycles. The first kappa shape index (κ1) is 20.1. The third-order valence-corrected chi connectivity index (χ3v) is 4.97. The van der Waals surface area contributed by atoms with Gasteiger partial charge in [-0.1, -0.05) is 23.7 Å². The van der Waals surface area contributed by atoms with Crippen molar-refractivity contribution in [3.05, 3.63) is 65.1 Å². The lowest BCUT2D eigenvalue weighted by Gasteiger charge is -2.29. The van der Waals surface area contributed by atoms with Crippen LogP contribution in [0.2, 0.25) is 5.02 Å². The highest BCUT2D eigenvalue weighted by atomic mass is 35.5. The van der Waals surface area contributed by atoms with Gasteiger partial charge in [-0.15, -0.1) is 0 Å². The minimum atomic E-state index is -1.00. The summed E-state index contributed by atoms with van der Waals surface area (Å²) < 4.78 is 18.9. The standard InChI is InChI=1S/C21H18ClFN4O3/c22-17-11-15(4-5-18(17)23)25-21-24-12-16(13-2-1-3-14(10-13)20(28)29)19(26-21)27-6-8-30-9-7-27/h1-5,10-12H,6-9H2,(H,28,29)(H,24,25,26). The number of ether oxygens (including phenoxy) is 1. The number of hydrogen-bond acceptors (Lipinski definition) is 6. The van der Waals surface area contributed by atoms with Gasteiger partial charge in [0, 0.05) is 30.5 Å². The van der Waals surface area contributed by atoms with Crippen molar-refractivity contribution in [2.45, 2.75) is 0 Å². The number of carbonyl (C=O) groups is 1. The number of nitrogens with one attached hydrogen (secondary N) is 1. The molecule has 0 spiro atoms. The van der Waals surface area contributed by atoms with Gasteiger partial charge in [-0.25, -0.2) is 14.2 Å². The lowest BCUT2D eigenvalue weighted by molar-refractivity contribution is 0.0697. The Kier molecular flexibility index (Phi) is 5.78. The summed E-state index contributed by atoms with van der Waals surface area (Å²) in [5.74, 6) is -0.535. The SMILES string of the molecule is O=C(O)c1cccc(-c2cnc(Nc3ccc(F)c(Cl)c3)nc2N2CCOCC2)c1. The third kappa shape index (κ3) is 4.34. The molecule has 2 N–H and O–H groups in total. The van der Waals surface area contributed by atoms with Crippen molar-refractivity contribution in [3.63, 3.8) is 0 Å². The van der Waals surface area contributed by atoms with E-state index in [2.05, 4.69) is 20.2 Å². The molecule has 1 saturated heterocycles. The van der Waals surface area contributed by atoms with Crippen LogP contribution in [0.25, 0.3) is 11.1 Å². The number of carboxylic acids is 1. The van der Waals surface area contributed by atoms with Crippen LogP contribution in [-0.2, 0) is 4.74 Å². The lowest BCUT2D eigenvalue weighted by Crippen LogP contribution is -2.37. The maximum atomic E-state index is 13.4. The predicted molar refractivity (Wildman–Crippen MR) is 112 cm³/mol. The smallest absolute Gasteiger partial charge is 0.335 e. The van der Waals surface area contributed by atoms with E-state index >= 15 is 0 Å². The highest BCUT2D eigenvalue weighted by molar-refractivity contribution is 6.31. The van der Waals surface area contributed by atoms with Gasteiger partial charge in [0.1, 0.15) is 11.6 Å². The number of nitrogens with zero attached hydrogens (tertiary/aromatic N) is 3. The van der Waals surface area contributed by atoms with Gasteiger partial charge in [0.25, 0.3) is 0 Å². The van der Waals surface area contributed by atoms with Crippen LogP contribution in [-0.4, -0.2) is 47.3 Å². The molecular weight excluding hydrogens is 411 g/mol. The highest BCUT2D eigenvalue weighted by Gasteiger charge is 2.19. The van der Waals surface area contributed by atoms with E-state index < -0.39 is 11.8 Å². The van der Waals surface area contributed by atoms with E-state index in [0.717, 1.165) is 0 Å². The molecule has 1 fully saturated rings. The highest BCUT2D eigenvalue weighted by Crippen LogP contribution is 2.31. The molecule has 154 valence electrons. The molecule has 7 nitrogen and oxygen atoms in total. The summed E-state index contributed by atoms with van der Waals surface area (Å²) in [6, 6.07) is 10.9. The molecule has 1 aromatic heterocycles. The van der Waals surface area contributed by atoms with Gasteiger partial charge in [-0.3, -0.25) is 0 Å². The Morgan fingerprint density at radius 1 is 1.20 bits per heavy atom. The van der Waals surface area contributed by atoms with E-state index in [1.165, 1.54) is 18.2 Å². The monoisotopic (exact) mass is 428 g/mol. The summed E-state index contributed by atoms with van der Waals surface area (Å²) in [6.07, 6.45) is 1.65. The molecule has 1 aliphatic rings. The number of morpholine rings is 1. The summed E-state index contributed by atoms with van der Waals surface area (Å²) >= 11 is 5.85. The Morgan fingerprint density at radius 3 is 2.73 bits per heavy atom. The van der Waals surface area contributed by atoms with Crippen molar-refractivity contribution < 1.29 is 19.0 Å². The fourth-order valence-electron chi connectivity index (χ4n) is 3.18. The molecule has 0 aliphatic carbocycles. The second-order valence-corrected chi connectivity index (χ2v) is 7.08. The second kappa shape index (κ2) is 8.64. The molecule has 30 heavy (non-hydrogen) atoms. The summed E-state index contributed by atoms with van der Waals surface area (Å²) in [5, 5.41) is 12.3. The van der Waals surface area contributed by atoms with E-state index in [9.17, 15) is 14.3 Å². The number of hydrogen-bond donors (Lipinski definition) is 2. The van der Waals surface area contributed by atoms with Crippen LogP contribution in [0.1, 0.15) is 10.4 Å². The maximum Gasteiger partial charge on any atom is 0.335 e. The van der Waals surface area contributed by atoms with E-state index in [4.69, 9.17) is 16.3 Å². The Bertz CT molecular complexity index is 1090. The van der Waals surface area contributed by atoms with Crippen LogP contribution in [0.3, 0.4) is 0 Å². The van der Waals surface area contributed by atoms with Crippen LogP contribution < -0.4 is 10.2 Å². The van der Waals surface area contributed by atoms with Gasteiger partial charge in [-0.05, 0) is 35.9 Å². The molecule has 0 unspecified atom stereocenters. The zero-order valence-corrected chi connectivity index (χ0v) is 16.6. The summed E-state index contributed by atoms with van der Waals surface area (Å²) in [5.41, 5.74) is 2.15. The van der Waals surface area contributed by atoms with Crippen molar-refractivity contribution in [1.82, 2.24) is 9.97 Å². The van der Waals surface area contributed by atoms with E-state index in [-0.39, 0.29) is 10.6 Å². The maximum absolute atomic E-state index is 13.4. The average Bonchev–Trinajstić information content (AvgIpc) is 2.77. The first-order chi connectivity index (χ1) is 14.5. The number of benzene rings is 2. The summed E-state index contributed by atoms with van der Waals surface area (Å²) in [7, 11) is 0.